The monoisotopic (exact) mass is 288 g/mol. The highest BCUT2D eigenvalue weighted by Crippen LogP contribution is 2.32. The second-order valence-electron chi connectivity index (χ2n) is 4.53. The fourth-order valence-corrected chi connectivity index (χ4v) is 3.21. The molecule has 0 unspecified atom stereocenters. The van der Waals surface area contributed by atoms with E-state index in [2.05, 4.69) is 11.5 Å². The van der Waals surface area contributed by atoms with Gasteiger partial charge >= 0.3 is 0 Å². The topological polar surface area (TPSA) is 82.2 Å². The average Bonchev–Trinajstić information content (AvgIpc) is 2.83. The molecule has 0 spiro atoms. The van der Waals surface area contributed by atoms with E-state index in [9.17, 15) is 4.79 Å². The van der Waals surface area contributed by atoms with Crippen molar-refractivity contribution < 1.29 is 4.79 Å². The van der Waals surface area contributed by atoms with Gasteiger partial charge in [-0.25, -0.2) is 5.84 Å². The molecular weight excluding hydrogens is 272 g/mol. The van der Waals surface area contributed by atoms with Gasteiger partial charge in [0, 0.05) is 24.2 Å². The minimum atomic E-state index is -0.269. The number of carbonyl (C=O) groups is 1. The van der Waals surface area contributed by atoms with Crippen molar-refractivity contribution in [3.05, 3.63) is 34.7 Å². The minimum absolute atomic E-state index is 0.269. The lowest BCUT2D eigenvalue weighted by molar-refractivity contribution is 0.0956. The molecule has 0 saturated heterocycles. The van der Waals surface area contributed by atoms with Gasteiger partial charge in [0.25, 0.3) is 5.91 Å². The van der Waals surface area contributed by atoms with E-state index in [4.69, 9.17) is 11.1 Å². The van der Waals surface area contributed by atoms with Crippen molar-refractivity contribution in [1.29, 1.82) is 5.26 Å². The Morgan fingerprint density at radius 1 is 1.50 bits per heavy atom. The fraction of sp³-hybridized carbons (Fsp3) is 0.286. The molecule has 104 valence electrons. The molecule has 2 aromatic rings. The highest BCUT2D eigenvalue weighted by molar-refractivity contribution is 7.21. The summed E-state index contributed by atoms with van der Waals surface area (Å²) in [6.07, 6.45) is 0.469. The number of nitrogen functional groups attached to an aromatic ring is 1. The van der Waals surface area contributed by atoms with Gasteiger partial charge in [0.2, 0.25) is 0 Å². The van der Waals surface area contributed by atoms with Gasteiger partial charge in [0.05, 0.1) is 10.9 Å². The first kappa shape index (κ1) is 14.5. The third kappa shape index (κ3) is 2.96. The summed E-state index contributed by atoms with van der Waals surface area (Å²) in [6, 6.07) is 10.0. The number of nitrogens with two attached hydrogens (primary N) is 1. The number of nitrogens with zero attached hydrogens (tertiary/aromatic N) is 2. The molecule has 0 bridgehead atoms. The summed E-state index contributed by atoms with van der Waals surface area (Å²) >= 11 is 1.44. The van der Waals surface area contributed by atoms with Crippen LogP contribution < -0.4 is 11.3 Å². The van der Waals surface area contributed by atoms with Crippen LogP contribution in [0.5, 0.6) is 0 Å². The summed E-state index contributed by atoms with van der Waals surface area (Å²) < 4.78 is 1.06. The number of nitrogens with one attached hydrogen (secondary N) is 1. The number of carbonyl (C=O) groups excluding carboxylic acids is 1. The van der Waals surface area contributed by atoms with Gasteiger partial charge < -0.3 is 4.90 Å². The quantitative estimate of drug-likeness (QED) is 0.500. The molecule has 2 rings (SSSR count). The van der Waals surface area contributed by atoms with Crippen LogP contribution in [0.4, 0.5) is 0 Å². The van der Waals surface area contributed by atoms with Crippen LogP contribution in [0.3, 0.4) is 0 Å². The van der Waals surface area contributed by atoms with E-state index in [-0.39, 0.29) is 5.91 Å². The molecule has 0 atom stereocenters. The summed E-state index contributed by atoms with van der Waals surface area (Å²) in [6.45, 7) is 1.29. The third-order valence-corrected chi connectivity index (χ3v) is 4.28. The Morgan fingerprint density at radius 2 is 2.25 bits per heavy atom. The van der Waals surface area contributed by atoms with Crippen LogP contribution in [0.25, 0.3) is 10.1 Å². The van der Waals surface area contributed by atoms with E-state index in [1.165, 1.54) is 11.3 Å². The molecule has 5 nitrogen and oxygen atoms in total. The zero-order chi connectivity index (χ0) is 14.5. The molecule has 0 aliphatic heterocycles. The standard InChI is InChI=1S/C14H16N4OS/c1-18(8-4-7-15)9-11-10-5-2-3-6-12(10)20-13(11)14(19)17-16/h2-3,5-6H,4,8-9,16H2,1H3,(H,17,19). The highest BCUT2D eigenvalue weighted by atomic mass is 32.1. The molecular formula is C14H16N4OS. The molecule has 20 heavy (non-hydrogen) atoms. The van der Waals surface area contributed by atoms with Crippen molar-refractivity contribution in [1.82, 2.24) is 10.3 Å². The molecule has 6 heteroatoms. The Kier molecular flexibility index (Phi) is 4.69. The SMILES string of the molecule is CN(CCC#N)Cc1c(C(=O)NN)sc2ccccc12. The Morgan fingerprint density at radius 3 is 2.95 bits per heavy atom. The van der Waals surface area contributed by atoms with Gasteiger partial charge in [0.15, 0.2) is 0 Å². The Labute approximate surface area is 121 Å². The van der Waals surface area contributed by atoms with Crippen LogP contribution in [0.15, 0.2) is 24.3 Å². The second kappa shape index (κ2) is 6.48. The number of fused-ring (bicyclic) bond motifs is 1. The van der Waals surface area contributed by atoms with Crippen molar-refractivity contribution in [2.24, 2.45) is 5.84 Å². The minimum Gasteiger partial charge on any atom is -0.301 e. The van der Waals surface area contributed by atoms with Gasteiger partial charge in [-0.05, 0) is 24.1 Å². The molecule has 3 N–H and O–H groups in total. The lowest BCUT2D eigenvalue weighted by atomic mass is 10.1. The molecule has 1 amide bonds. The number of benzene rings is 1. The van der Waals surface area contributed by atoms with E-state index in [1.807, 2.05) is 36.2 Å². The average molecular weight is 288 g/mol. The van der Waals surface area contributed by atoms with Crippen molar-refractivity contribution in [2.45, 2.75) is 13.0 Å². The van der Waals surface area contributed by atoms with Gasteiger partial charge in [-0.2, -0.15) is 5.26 Å². The number of hydrazine groups is 1. The molecule has 1 aromatic carbocycles. The maximum absolute atomic E-state index is 11.9. The summed E-state index contributed by atoms with van der Waals surface area (Å²) in [7, 11) is 1.94. The number of hydrogen-bond donors (Lipinski definition) is 2. The van der Waals surface area contributed by atoms with E-state index >= 15 is 0 Å². The van der Waals surface area contributed by atoms with Gasteiger partial charge in [-0.3, -0.25) is 10.2 Å². The van der Waals surface area contributed by atoms with Crippen LogP contribution in [0.1, 0.15) is 21.7 Å². The third-order valence-electron chi connectivity index (χ3n) is 3.07. The molecule has 0 aliphatic carbocycles. The van der Waals surface area contributed by atoms with Crippen LogP contribution in [0.2, 0.25) is 0 Å². The van der Waals surface area contributed by atoms with E-state index in [0.717, 1.165) is 15.6 Å². The van der Waals surface area contributed by atoms with Crippen LogP contribution in [0, 0.1) is 11.3 Å². The smallest absolute Gasteiger partial charge is 0.275 e. The van der Waals surface area contributed by atoms with E-state index in [0.29, 0.717) is 24.4 Å². The van der Waals surface area contributed by atoms with Crippen molar-refractivity contribution >= 4 is 27.3 Å². The van der Waals surface area contributed by atoms with Crippen LogP contribution in [-0.4, -0.2) is 24.4 Å². The molecule has 0 radical (unpaired) electrons. The molecule has 1 heterocycles. The zero-order valence-corrected chi connectivity index (χ0v) is 12.0. The lowest BCUT2D eigenvalue weighted by Gasteiger charge is -2.15. The summed E-state index contributed by atoms with van der Waals surface area (Å²) in [5.41, 5.74) is 3.17. The number of thiophene rings is 1. The molecule has 0 aliphatic rings. The Bertz CT molecular complexity index is 659. The highest BCUT2D eigenvalue weighted by Gasteiger charge is 2.18. The number of hydrogen-bond acceptors (Lipinski definition) is 5. The fourth-order valence-electron chi connectivity index (χ4n) is 2.09. The second-order valence-corrected chi connectivity index (χ2v) is 5.58. The van der Waals surface area contributed by atoms with Crippen LogP contribution in [-0.2, 0) is 6.54 Å². The van der Waals surface area contributed by atoms with Crippen molar-refractivity contribution in [3.63, 3.8) is 0 Å². The zero-order valence-electron chi connectivity index (χ0n) is 11.2. The predicted molar refractivity (Wildman–Crippen MR) is 80.0 cm³/mol. The van der Waals surface area contributed by atoms with Crippen molar-refractivity contribution in [2.75, 3.05) is 13.6 Å². The largest absolute Gasteiger partial charge is 0.301 e. The molecule has 0 saturated carbocycles. The van der Waals surface area contributed by atoms with E-state index < -0.39 is 0 Å². The summed E-state index contributed by atoms with van der Waals surface area (Å²) in [4.78, 5) is 14.6. The normalized spacial score (nSPS) is 10.7. The van der Waals surface area contributed by atoms with Crippen LogP contribution >= 0.6 is 11.3 Å². The Balaban J connectivity index is 2.38. The van der Waals surface area contributed by atoms with Gasteiger partial charge in [-0.1, -0.05) is 18.2 Å². The van der Waals surface area contributed by atoms with Crippen molar-refractivity contribution in [3.8, 4) is 6.07 Å². The lowest BCUT2D eigenvalue weighted by Crippen LogP contribution is -2.30. The maximum atomic E-state index is 11.9. The maximum Gasteiger partial charge on any atom is 0.275 e. The summed E-state index contributed by atoms with van der Waals surface area (Å²) in [5.74, 6) is 4.99. The first-order valence-electron chi connectivity index (χ1n) is 6.24. The number of amides is 1. The van der Waals surface area contributed by atoms with Gasteiger partial charge in [0.1, 0.15) is 0 Å². The number of rotatable bonds is 5. The van der Waals surface area contributed by atoms with Gasteiger partial charge in [-0.15, -0.1) is 11.3 Å². The Hall–Kier alpha value is -1.94. The predicted octanol–water partition coefficient (Wildman–Crippen LogP) is 1.85. The molecule has 0 fully saturated rings. The number of nitriles is 1. The summed E-state index contributed by atoms with van der Waals surface area (Å²) in [5, 5.41) is 9.71. The van der Waals surface area contributed by atoms with E-state index in [1.54, 1.807) is 0 Å². The first-order valence-corrected chi connectivity index (χ1v) is 7.06. The first-order chi connectivity index (χ1) is 9.67. The molecule has 1 aromatic heterocycles.